The van der Waals surface area contributed by atoms with Gasteiger partial charge in [-0.05, 0) is 129 Å². The molecule has 2 aliphatic rings. The number of hydrogen-bond acceptors (Lipinski definition) is 14. The second kappa shape index (κ2) is 30.9. The second-order valence-corrected chi connectivity index (χ2v) is 23.6. The summed E-state index contributed by atoms with van der Waals surface area (Å²) in [5, 5.41) is 38.5. The van der Waals surface area contributed by atoms with E-state index >= 15 is 0 Å². The molecule has 3 aromatic carbocycles. The summed E-state index contributed by atoms with van der Waals surface area (Å²) in [6.07, 6.45) is 7.26. The number of H-pyrrole nitrogens is 1. The first-order valence-corrected chi connectivity index (χ1v) is 30.2. The van der Waals surface area contributed by atoms with E-state index in [1.165, 1.54) is 9.13 Å². The fourth-order valence-electron chi connectivity index (χ4n) is 9.86. The standard InChI is InChI=1S/C25H36N6O2.C16H30N4O.C9H7ClN2O.C8H5ClN2O.CH3I/c1-6-27-17-11-13-25(16-26,14-12-17)30-22(32)19(15-24(2,3)4)28-21-18-9-7-8-10-20(18)31(5)23(33)29-21;1-5-19-12-6-8-16(11-17,9-7-12)20-14(21)13(18)10-15(2,3)4;1-12-7-5-3-2-4-6(7)8(10)11-9(12)13;9-7-5-3-1-2-4-6(5)10-8(12)11-7;1-2/h7-10,17,19,27H,6,11-15H2,1-5H3,(H,30,32)(H,28,29,33);12-13,19H,5-10,18H2,1-4H3,(H,20,21);2-5H,1H3;1-4H,(H,10,11,12);1H3/t17?,19-,25?;12?,13-,16?;;;/m00.../s1. The molecule has 8 rings (SSSR count). The van der Waals surface area contributed by atoms with Crippen molar-refractivity contribution in [2.45, 2.75) is 155 Å². The van der Waals surface area contributed by atoms with Crippen LogP contribution in [0.5, 0.6) is 0 Å². The third kappa shape index (κ3) is 19.8. The highest BCUT2D eigenvalue weighted by Crippen LogP contribution is 2.32. The number of nitrogens with two attached hydrogens (primary N) is 1. The lowest BCUT2D eigenvalue weighted by atomic mass is 9.79. The van der Waals surface area contributed by atoms with Gasteiger partial charge >= 0.3 is 17.1 Å². The molecule has 0 saturated heterocycles. The number of aromatic amines is 1. The number of carbonyl (C=O) groups is 2. The van der Waals surface area contributed by atoms with E-state index in [0.29, 0.717) is 67.1 Å². The highest BCUT2D eigenvalue weighted by molar-refractivity contribution is 14.1. The number of nitriles is 2. The number of nitrogens with one attached hydrogen (secondary N) is 6. The van der Waals surface area contributed by atoms with Crippen LogP contribution in [0.3, 0.4) is 0 Å². The normalized spacial score (nSPS) is 19.4. The van der Waals surface area contributed by atoms with Crippen molar-refractivity contribution in [1.29, 1.82) is 10.5 Å². The van der Waals surface area contributed by atoms with Crippen LogP contribution in [-0.4, -0.2) is 94.1 Å². The van der Waals surface area contributed by atoms with Crippen molar-refractivity contribution < 1.29 is 9.59 Å². The Morgan fingerprint density at radius 1 is 0.691 bits per heavy atom. The lowest BCUT2D eigenvalue weighted by Gasteiger charge is -2.37. The van der Waals surface area contributed by atoms with E-state index in [-0.39, 0.29) is 39.2 Å². The molecule has 2 fully saturated rings. The second-order valence-electron chi connectivity index (χ2n) is 22.8. The van der Waals surface area contributed by atoms with Gasteiger partial charge in [-0.1, -0.05) is 138 Å². The zero-order valence-electron chi connectivity index (χ0n) is 48.6. The fraction of sp³-hybridized carbons (Fsp3) is 0.525. The van der Waals surface area contributed by atoms with Crippen LogP contribution in [0.2, 0.25) is 10.3 Å². The Balaban J connectivity index is 0.000000250. The van der Waals surface area contributed by atoms with E-state index in [0.717, 1.165) is 66.0 Å². The summed E-state index contributed by atoms with van der Waals surface area (Å²) in [5.41, 5.74) is 5.23. The smallest absolute Gasteiger partial charge is 0.349 e. The van der Waals surface area contributed by atoms with Crippen molar-refractivity contribution in [3.05, 3.63) is 115 Å². The van der Waals surface area contributed by atoms with Gasteiger partial charge in [-0.15, -0.1) is 0 Å². The van der Waals surface area contributed by atoms with Crippen LogP contribution in [0, 0.1) is 33.5 Å². The topological polar surface area (TPSA) is 283 Å². The van der Waals surface area contributed by atoms with Gasteiger partial charge in [0.25, 0.3) is 0 Å². The predicted molar refractivity (Wildman–Crippen MR) is 335 cm³/mol. The van der Waals surface area contributed by atoms with E-state index < -0.39 is 28.9 Å². The molecule has 3 aromatic heterocycles. The molecule has 0 radical (unpaired) electrons. The van der Waals surface area contributed by atoms with E-state index in [2.05, 4.69) is 137 Å². The molecule has 2 atom stereocenters. The molecule has 2 amide bonds. The van der Waals surface area contributed by atoms with Gasteiger partial charge in [-0.3, -0.25) is 23.7 Å². The summed E-state index contributed by atoms with van der Waals surface area (Å²) in [4.78, 5) is 76.3. The molecule has 22 heteroatoms. The molecule has 0 bridgehead atoms. The molecule has 19 nitrogen and oxygen atoms in total. The molecule has 2 aliphatic carbocycles. The van der Waals surface area contributed by atoms with Crippen molar-refractivity contribution in [3.8, 4) is 12.1 Å². The molecule has 8 N–H and O–H groups in total. The number of rotatable bonds is 12. The number of alkyl halides is 1. The van der Waals surface area contributed by atoms with Crippen LogP contribution in [0.25, 0.3) is 32.7 Å². The van der Waals surface area contributed by atoms with Crippen molar-refractivity contribution in [1.82, 2.24) is 50.3 Å². The maximum atomic E-state index is 13.5. The summed E-state index contributed by atoms with van der Waals surface area (Å²) in [5.74, 6) is -0.0479. The Morgan fingerprint density at radius 2 is 1.12 bits per heavy atom. The molecule has 81 heavy (non-hydrogen) atoms. The number of amides is 2. The molecule has 438 valence electrons. The van der Waals surface area contributed by atoms with Crippen molar-refractivity contribution in [2.24, 2.45) is 30.7 Å². The number of fused-ring (bicyclic) bond motifs is 3. The van der Waals surface area contributed by atoms with Crippen LogP contribution in [0.4, 0.5) is 5.82 Å². The van der Waals surface area contributed by atoms with Gasteiger partial charge in [0.1, 0.15) is 33.2 Å². The molecule has 6 aromatic rings. The summed E-state index contributed by atoms with van der Waals surface area (Å²) >= 11 is 13.7. The third-order valence-corrected chi connectivity index (χ3v) is 14.6. The van der Waals surface area contributed by atoms with Crippen LogP contribution < -0.4 is 49.4 Å². The molecule has 0 unspecified atom stereocenters. The first kappa shape index (κ1) is 67.5. The minimum atomic E-state index is -0.872. The average molecular weight is 1260 g/mol. The number of halogens is 3. The average Bonchev–Trinajstić information content (AvgIpc) is 3.46. The SMILES string of the molecule is CCNC1CCC(C#N)(NC(=O)[C@@H](N)CC(C)(C)C)CC1.CCNC1CCC(C#N)(NC(=O)[C@H](CC(C)(C)C)Nc2nc(=O)n(C)c3ccccc23)CC1.CI.Cn1c(=O)nc(Cl)c2ccccc21.O=c1nc2ccccc2c(Cl)[nH]1. The number of para-hydroxylation sites is 3. The summed E-state index contributed by atoms with van der Waals surface area (Å²) in [7, 11) is 3.36. The maximum Gasteiger partial charge on any atom is 0.349 e. The van der Waals surface area contributed by atoms with Gasteiger partial charge in [0.2, 0.25) is 11.8 Å². The Hall–Kier alpha value is -6.01. The largest absolute Gasteiger partial charge is 0.358 e. The molecular formula is C59H81Cl2IN14O5. The number of anilines is 1. The monoisotopic (exact) mass is 1260 g/mol. The first-order chi connectivity index (χ1) is 38.3. The van der Waals surface area contributed by atoms with Gasteiger partial charge in [0.05, 0.1) is 34.7 Å². The van der Waals surface area contributed by atoms with Gasteiger partial charge in [0.15, 0.2) is 0 Å². The molecule has 0 aliphatic heterocycles. The van der Waals surface area contributed by atoms with E-state index in [4.69, 9.17) is 28.9 Å². The third-order valence-electron chi connectivity index (χ3n) is 14.0. The van der Waals surface area contributed by atoms with Crippen molar-refractivity contribution >= 4 is 96.1 Å². The van der Waals surface area contributed by atoms with E-state index in [9.17, 15) is 34.5 Å². The molecular weight excluding hydrogens is 1180 g/mol. The number of hydrogen-bond donors (Lipinski definition) is 7. The molecule has 3 heterocycles. The van der Waals surface area contributed by atoms with E-state index in [1.54, 1.807) is 26.2 Å². The lowest BCUT2D eigenvalue weighted by molar-refractivity contribution is -0.125. The Bertz CT molecular complexity index is 3320. The summed E-state index contributed by atoms with van der Waals surface area (Å²) < 4.78 is 2.97. The quantitative estimate of drug-likeness (QED) is 0.0342. The fourth-order valence-corrected chi connectivity index (χ4v) is 10.3. The number of aryl methyl sites for hydroxylation is 2. The van der Waals surface area contributed by atoms with Gasteiger partial charge < -0.3 is 32.3 Å². The number of carbonyl (C=O) groups excluding carboxylic acids is 2. The Morgan fingerprint density at radius 3 is 1.60 bits per heavy atom. The van der Waals surface area contributed by atoms with Gasteiger partial charge in [0, 0.05) is 42.3 Å². The molecule has 2 saturated carbocycles. The van der Waals surface area contributed by atoms with Crippen LogP contribution >= 0.6 is 45.8 Å². The highest BCUT2D eigenvalue weighted by Gasteiger charge is 2.40. The number of nitrogens with zero attached hydrogens (tertiary/aromatic N) is 7. The minimum Gasteiger partial charge on any atom is -0.358 e. The van der Waals surface area contributed by atoms with Crippen LogP contribution in [0.15, 0.2) is 87.2 Å². The highest BCUT2D eigenvalue weighted by atomic mass is 127. The number of aromatic nitrogens is 6. The summed E-state index contributed by atoms with van der Waals surface area (Å²) in [6, 6.07) is 26.4. The van der Waals surface area contributed by atoms with Crippen LogP contribution in [0.1, 0.15) is 120 Å². The van der Waals surface area contributed by atoms with Gasteiger partial charge in [-0.2, -0.15) is 25.5 Å². The van der Waals surface area contributed by atoms with Gasteiger partial charge in [-0.25, -0.2) is 14.4 Å². The number of benzene rings is 3. The van der Waals surface area contributed by atoms with Crippen LogP contribution in [-0.2, 0) is 23.7 Å². The van der Waals surface area contributed by atoms with Crippen molar-refractivity contribution in [3.63, 3.8) is 0 Å². The predicted octanol–water partition coefficient (Wildman–Crippen LogP) is 8.98. The zero-order valence-corrected chi connectivity index (χ0v) is 52.3. The zero-order chi connectivity index (χ0) is 60.3. The lowest BCUT2D eigenvalue weighted by Crippen LogP contribution is -2.56. The molecule has 0 spiro atoms. The first-order valence-electron chi connectivity index (χ1n) is 27.3. The Labute approximate surface area is 499 Å². The Kier molecular flexibility index (Phi) is 25.7. The minimum absolute atomic E-state index is 0.000725. The van der Waals surface area contributed by atoms with Crippen molar-refractivity contribution in [2.75, 3.05) is 23.3 Å². The van der Waals surface area contributed by atoms with E-state index in [1.807, 2.05) is 65.6 Å². The summed E-state index contributed by atoms with van der Waals surface area (Å²) in [6.45, 7) is 18.3. The maximum absolute atomic E-state index is 13.5.